The van der Waals surface area contributed by atoms with Crippen LogP contribution in [0.5, 0.6) is 5.75 Å². The van der Waals surface area contributed by atoms with E-state index >= 15 is 0 Å². The number of carboxylic acids is 1. The molecular formula is C20H19N3O4. The van der Waals surface area contributed by atoms with Crippen molar-refractivity contribution in [3.8, 4) is 5.75 Å². The SMILES string of the molecule is Cn1nc(CC(=O)NC(C(=O)O)c2ccc3c(c2)CCO3)c2ccccc21. The first-order valence-electron chi connectivity index (χ1n) is 8.71. The first-order chi connectivity index (χ1) is 13.0. The van der Waals surface area contributed by atoms with Gasteiger partial charge in [-0.05, 0) is 29.3 Å². The van der Waals surface area contributed by atoms with Crippen LogP contribution in [-0.4, -0.2) is 33.4 Å². The van der Waals surface area contributed by atoms with Crippen molar-refractivity contribution in [2.24, 2.45) is 7.05 Å². The smallest absolute Gasteiger partial charge is 0.330 e. The number of nitrogens with one attached hydrogen (secondary N) is 1. The maximum atomic E-state index is 12.5. The van der Waals surface area contributed by atoms with Crippen LogP contribution >= 0.6 is 0 Å². The molecule has 1 unspecified atom stereocenters. The lowest BCUT2D eigenvalue weighted by Gasteiger charge is -2.15. The largest absolute Gasteiger partial charge is 0.493 e. The Labute approximate surface area is 155 Å². The maximum Gasteiger partial charge on any atom is 0.330 e. The second kappa shape index (κ2) is 6.75. The molecule has 0 bridgehead atoms. The number of rotatable bonds is 5. The van der Waals surface area contributed by atoms with Crippen LogP contribution in [0.2, 0.25) is 0 Å². The van der Waals surface area contributed by atoms with Gasteiger partial charge in [-0.15, -0.1) is 0 Å². The van der Waals surface area contributed by atoms with E-state index in [4.69, 9.17) is 4.74 Å². The quantitative estimate of drug-likeness (QED) is 0.721. The highest BCUT2D eigenvalue weighted by atomic mass is 16.5. The summed E-state index contributed by atoms with van der Waals surface area (Å²) < 4.78 is 7.17. The second-order valence-electron chi connectivity index (χ2n) is 6.57. The van der Waals surface area contributed by atoms with E-state index in [0.29, 0.717) is 17.9 Å². The molecule has 1 aromatic heterocycles. The number of aliphatic carboxylic acids is 1. The number of carbonyl (C=O) groups is 2. The molecule has 1 atom stereocenters. The number of aromatic nitrogens is 2. The number of hydrogen-bond donors (Lipinski definition) is 2. The minimum absolute atomic E-state index is 0.0131. The molecule has 1 amide bonds. The number of amides is 1. The normalized spacial score (nSPS) is 13.8. The van der Waals surface area contributed by atoms with E-state index in [9.17, 15) is 14.7 Å². The summed E-state index contributed by atoms with van der Waals surface area (Å²) in [7, 11) is 1.82. The Balaban J connectivity index is 1.55. The lowest BCUT2D eigenvalue weighted by Crippen LogP contribution is -2.34. The number of fused-ring (bicyclic) bond motifs is 2. The van der Waals surface area contributed by atoms with E-state index in [2.05, 4.69) is 10.4 Å². The summed E-state index contributed by atoms with van der Waals surface area (Å²) in [5.74, 6) is -0.717. The number of para-hydroxylation sites is 1. The zero-order valence-electron chi connectivity index (χ0n) is 14.8. The lowest BCUT2D eigenvalue weighted by molar-refractivity contribution is -0.142. The summed E-state index contributed by atoms with van der Waals surface area (Å²) in [6.45, 7) is 0.593. The Morgan fingerprint density at radius 3 is 2.93 bits per heavy atom. The van der Waals surface area contributed by atoms with Gasteiger partial charge in [-0.3, -0.25) is 9.48 Å². The second-order valence-corrected chi connectivity index (χ2v) is 6.57. The van der Waals surface area contributed by atoms with E-state index in [1.165, 1.54) is 0 Å². The Bertz CT molecular complexity index is 1040. The first kappa shape index (κ1) is 17.1. The molecule has 0 fully saturated rings. The molecule has 138 valence electrons. The molecule has 3 aromatic rings. The molecule has 0 saturated heterocycles. The molecule has 4 rings (SSSR count). The first-order valence-corrected chi connectivity index (χ1v) is 8.71. The topological polar surface area (TPSA) is 93.5 Å². The summed E-state index contributed by atoms with van der Waals surface area (Å²) in [6, 6.07) is 11.7. The van der Waals surface area contributed by atoms with E-state index in [0.717, 1.165) is 28.6 Å². The van der Waals surface area contributed by atoms with Crippen LogP contribution in [0.15, 0.2) is 42.5 Å². The summed E-state index contributed by atoms with van der Waals surface area (Å²) in [5.41, 5.74) is 3.04. The third-order valence-electron chi connectivity index (χ3n) is 4.76. The maximum absolute atomic E-state index is 12.5. The van der Waals surface area contributed by atoms with E-state index < -0.39 is 12.0 Å². The summed E-state index contributed by atoms with van der Waals surface area (Å²) in [6.07, 6.45) is 0.753. The molecule has 2 aromatic carbocycles. The predicted molar refractivity (Wildman–Crippen MR) is 98.6 cm³/mol. The number of benzene rings is 2. The standard InChI is InChI=1S/C20H19N3O4/c1-23-16-5-3-2-4-14(16)15(22-23)11-18(24)21-19(20(25)26)13-6-7-17-12(10-13)8-9-27-17/h2-7,10,19H,8-9,11H2,1H3,(H,21,24)(H,25,26). The van der Waals surface area contributed by atoms with Gasteiger partial charge in [-0.2, -0.15) is 5.10 Å². The summed E-state index contributed by atoms with van der Waals surface area (Å²) in [4.78, 5) is 24.3. The van der Waals surface area contributed by atoms with Crippen LogP contribution in [0.3, 0.4) is 0 Å². The van der Waals surface area contributed by atoms with Gasteiger partial charge < -0.3 is 15.2 Å². The van der Waals surface area contributed by atoms with Crippen LogP contribution < -0.4 is 10.1 Å². The fourth-order valence-electron chi connectivity index (χ4n) is 3.46. The molecule has 0 spiro atoms. The van der Waals surface area contributed by atoms with Gasteiger partial charge in [0.15, 0.2) is 6.04 Å². The van der Waals surface area contributed by atoms with Crippen molar-refractivity contribution in [2.45, 2.75) is 18.9 Å². The number of nitrogens with zero attached hydrogens (tertiary/aromatic N) is 2. The Morgan fingerprint density at radius 2 is 2.11 bits per heavy atom. The average Bonchev–Trinajstić information content (AvgIpc) is 3.24. The Kier molecular flexibility index (Phi) is 4.27. The Morgan fingerprint density at radius 1 is 1.30 bits per heavy atom. The van der Waals surface area contributed by atoms with Crippen molar-refractivity contribution >= 4 is 22.8 Å². The molecule has 2 heterocycles. The monoisotopic (exact) mass is 365 g/mol. The highest BCUT2D eigenvalue weighted by molar-refractivity contribution is 5.90. The molecule has 7 heteroatoms. The van der Waals surface area contributed by atoms with Gasteiger partial charge in [0.1, 0.15) is 5.75 Å². The summed E-state index contributed by atoms with van der Waals surface area (Å²) >= 11 is 0. The zero-order chi connectivity index (χ0) is 19.0. The Hall–Kier alpha value is -3.35. The van der Waals surface area contributed by atoms with Gasteiger partial charge >= 0.3 is 5.97 Å². The number of hydrogen-bond acceptors (Lipinski definition) is 4. The van der Waals surface area contributed by atoms with Crippen molar-refractivity contribution in [2.75, 3.05) is 6.61 Å². The predicted octanol–water partition coefficient (Wildman–Crippen LogP) is 1.99. The minimum Gasteiger partial charge on any atom is -0.493 e. The highest BCUT2D eigenvalue weighted by Crippen LogP contribution is 2.28. The zero-order valence-corrected chi connectivity index (χ0v) is 14.8. The molecule has 7 nitrogen and oxygen atoms in total. The molecule has 2 N–H and O–H groups in total. The third kappa shape index (κ3) is 3.23. The van der Waals surface area contributed by atoms with Gasteiger partial charge in [-0.25, -0.2) is 4.79 Å². The minimum atomic E-state index is -1.11. The van der Waals surface area contributed by atoms with Crippen molar-refractivity contribution in [3.05, 3.63) is 59.3 Å². The molecule has 1 aliphatic rings. The molecule has 27 heavy (non-hydrogen) atoms. The van der Waals surface area contributed by atoms with Gasteiger partial charge in [0.05, 0.1) is 24.2 Å². The van der Waals surface area contributed by atoms with Crippen LogP contribution in [0, 0.1) is 0 Å². The van der Waals surface area contributed by atoms with E-state index in [-0.39, 0.29) is 12.3 Å². The summed E-state index contributed by atoms with van der Waals surface area (Å²) in [5, 5.41) is 17.5. The van der Waals surface area contributed by atoms with Crippen LogP contribution in [-0.2, 0) is 29.5 Å². The van der Waals surface area contributed by atoms with Crippen molar-refractivity contribution < 1.29 is 19.4 Å². The van der Waals surface area contributed by atoms with Gasteiger partial charge in [0.2, 0.25) is 5.91 Å². The van der Waals surface area contributed by atoms with Crippen molar-refractivity contribution in [1.29, 1.82) is 0 Å². The number of carboxylic acid groups (broad SMARTS) is 1. The highest BCUT2D eigenvalue weighted by Gasteiger charge is 2.25. The van der Waals surface area contributed by atoms with Gasteiger partial charge in [0, 0.05) is 18.9 Å². The van der Waals surface area contributed by atoms with Gasteiger partial charge in [0.25, 0.3) is 0 Å². The van der Waals surface area contributed by atoms with Crippen LogP contribution in [0.1, 0.15) is 22.9 Å². The van der Waals surface area contributed by atoms with Crippen molar-refractivity contribution in [3.63, 3.8) is 0 Å². The lowest BCUT2D eigenvalue weighted by atomic mass is 10.0. The molecule has 0 saturated carbocycles. The van der Waals surface area contributed by atoms with Gasteiger partial charge in [-0.1, -0.05) is 24.3 Å². The molecule has 0 radical (unpaired) electrons. The number of carbonyl (C=O) groups excluding carboxylic acids is 1. The fourth-order valence-corrected chi connectivity index (χ4v) is 3.46. The molecule has 1 aliphatic heterocycles. The van der Waals surface area contributed by atoms with Crippen LogP contribution in [0.4, 0.5) is 0 Å². The fraction of sp³-hybridized carbons (Fsp3) is 0.250. The number of aryl methyl sites for hydroxylation is 1. The van der Waals surface area contributed by atoms with Crippen molar-refractivity contribution in [1.82, 2.24) is 15.1 Å². The van der Waals surface area contributed by atoms with E-state index in [1.807, 2.05) is 31.3 Å². The molecular weight excluding hydrogens is 346 g/mol. The molecule has 0 aliphatic carbocycles. The third-order valence-corrected chi connectivity index (χ3v) is 4.76. The van der Waals surface area contributed by atoms with Crippen LogP contribution in [0.25, 0.3) is 10.9 Å². The number of ether oxygens (including phenoxy) is 1. The average molecular weight is 365 g/mol. The van der Waals surface area contributed by atoms with E-state index in [1.54, 1.807) is 22.9 Å².